The zero-order valence-corrected chi connectivity index (χ0v) is 11.8. The lowest BCUT2D eigenvalue weighted by atomic mass is 9.78. The fraction of sp³-hybridized carbons (Fsp3) is 0.533. The number of hydrogen-bond acceptors (Lipinski definition) is 2. The molecular weight excluding hydrogens is 264 g/mol. The highest BCUT2D eigenvalue weighted by molar-refractivity contribution is 6.03. The van der Waals surface area contributed by atoms with Crippen molar-refractivity contribution >= 4 is 11.6 Å². The minimum absolute atomic E-state index is 0.0604. The molecule has 2 rings (SSSR count). The zero-order chi connectivity index (χ0) is 14.9. The van der Waals surface area contributed by atoms with Gasteiger partial charge in [-0.2, -0.15) is 8.78 Å². The Labute approximate surface area is 117 Å². The van der Waals surface area contributed by atoms with E-state index in [0.717, 1.165) is 12.0 Å². The van der Waals surface area contributed by atoms with Gasteiger partial charge in [-0.3, -0.25) is 4.79 Å². The second-order valence-electron chi connectivity index (χ2n) is 5.41. The van der Waals surface area contributed by atoms with Crippen molar-refractivity contribution in [1.29, 1.82) is 0 Å². The number of alkyl halides is 2. The minimum atomic E-state index is -2.86. The number of halogens is 2. The first kappa shape index (κ1) is 14.8. The van der Waals surface area contributed by atoms with Gasteiger partial charge in [-0.15, -0.1) is 0 Å². The first-order chi connectivity index (χ1) is 9.43. The van der Waals surface area contributed by atoms with E-state index in [1.165, 1.54) is 6.07 Å². The van der Waals surface area contributed by atoms with Gasteiger partial charge in [0.2, 0.25) is 5.91 Å². The number of nitrogens with one attached hydrogen (secondary N) is 1. The molecule has 0 aliphatic carbocycles. The van der Waals surface area contributed by atoms with Crippen molar-refractivity contribution in [2.24, 2.45) is 11.8 Å². The van der Waals surface area contributed by atoms with Crippen LogP contribution >= 0.6 is 0 Å². The lowest BCUT2D eigenvalue weighted by Crippen LogP contribution is -2.24. The van der Waals surface area contributed by atoms with Crippen LogP contribution in [-0.4, -0.2) is 12.5 Å². The third kappa shape index (κ3) is 2.76. The lowest BCUT2D eigenvalue weighted by Gasteiger charge is -2.24. The Morgan fingerprint density at radius 2 is 2.05 bits per heavy atom. The van der Waals surface area contributed by atoms with Crippen molar-refractivity contribution in [1.82, 2.24) is 0 Å². The summed E-state index contributed by atoms with van der Waals surface area (Å²) in [5.41, 5.74) is 1.45. The first-order valence-corrected chi connectivity index (χ1v) is 6.83. The molecule has 0 aromatic heterocycles. The highest BCUT2D eigenvalue weighted by Gasteiger charge is 2.37. The number of amides is 1. The monoisotopic (exact) mass is 283 g/mol. The normalized spacial score (nSPS) is 19.1. The molecule has 2 atom stereocenters. The number of anilines is 1. The maximum Gasteiger partial charge on any atom is 0.387 e. The van der Waals surface area contributed by atoms with E-state index in [-0.39, 0.29) is 23.5 Å². The Balaban J connectivity index is 2.36. The fourth-order valence-electron chi connectivity index (χ4n) is 2.96. The van der Waals surface area contributed by atoms with Gasteiger partial charge in [0.25, 0.3) is 0 Å². The van der Waals surface area contributed by atoms with Gasteiger partial charge < -0.3 is 10.1 Å². The van der Waals surface area contributed by atoms with Crippen molar-refractivity contribution < 1.29 is 18.3 Å². The quantitative estimate of drug-likeness (QED) is 0.886. The summed E-state index contributed by atoms with van der Waals surface area (Å²) in [5, 5.41) is 2.82. The maximum absolute atomic E-state index is 12.3. The number of benzene rings is 1. The molecule has 0 radical (unpaired) electrons. The predicted octanol–water partition coefficient (Wildman–Crippen LogP) is 4.01. The van der Waals surface area contributed by atoms with Gasteiger partial charge in [0.15, 0.2) is 0 Å². The van der Waals surface area contributed by atoms with E-state index in [2.05, 4.69) is 23.9 Å². The summed E-state index contributed by atoms with van der Waals surface area (Å²) < 4.78 is 29.0. The topological polar surface area (TPSA) is 38.3 Å². The van der Waals surface area contributed by atoms with Crippen LogP contribution < -0.4 is 10.1 Å². The number of fused-ring (bicyclic) bond motifs is 1. The van der Waals surface area contributed by atoms with Gasteiger partial charge in [-0.1, -0.05) is 27.2 Å². The molecule has 5 heteroatoms. The molecule has 1 aromatic carbocycles. The summed E-state index contributed by atoms with van der Waals surface area (Å²) >= 11 is 0. The van der Waals surface area contributed by atoms with Crippen LogP contribution in [0.2, 0.25) is 0 Å². The molecule has 1 aromatic rings. The molecule has 0 fully saturated rings. The van der Waals surface area contributed by atoms with Gasteiger partial charge in [-0.25, -0.2) is 0 Å². The highest BCUT2D eigenvalue weighted by atomic mass is 19.3. The minimum Gasteiger partial charge on any atom is -0.435 e. The largest absolute Gasteiger partial charge is 0.435 e. The summed E-state index contributed by atoms with van der Waals surface area (Å²) in [6.07, 6.45) is 0.856. The van der Waals surface area contributed by atoms with E-state index >= 15 is 0 Å². The molecule has 0 saturated carbocycles. The Bertz CT molecular complexity index is 503. The average Bonchev–Trinajstić information content (AvgIpc) is 2.66. The summed E-state index contributed by atoms with van der Waals surface area (Å²) in [4.78, 5) is 12.2. The second kappa shape index (κ2) is 5.77. The van der Waals surface area contributed by atoms with Crippen LogP contribution in [-0.2, 0) is 4.79 Å². The molecule has 3 nitrogen and oxygen atoms in total. The van der Waals surface area contributed by atoms with Crippen LogP contribution in [0.15, 0.2) is 18.2 Å². The number of rotatable bonds is 5. The van der Waals surface area contributed by atoms with E-state index in [1.54, 1.807) is 12.1 Å². The molecule has 0 saturated heterocycles. The van der Waals surface area contributed by atoms with Crippen LogP contribution in [0.3, 0.4) is 0 Å². The van der Waals surface area contributed by atoms with Gasteiger partial charge in [0.05, 0.1) is 5.92 Å². The Morgan fingerprint density at radius 1 is 1.35 bits per heavy atom. The van der Waals surface area contributed by atoms with E-state index in [9.17, 15) is 13.6 Å². The van der Waals surface area contributed by atoms with Crippen molar-refractivity contribution in [3.63, 3.8) is 0 Å². The zero-order valence-electron chi connectivity index (χ0n) is 11.8. The Kier molecular flexibility index (Phi) is 4.26. The molecule has 1 N–H and O–H groups in total. The van der Waals surface area contributed by atoms with Gasteiger partial charge in [0, 0.05) is 5.69 Å². The van der Waals surface area contributed by atoms with E-state index in [1.807, 2.05) is 6.92 Å². The number of hydrogen-bond donors (Lipinski definition) is 1. The molecule has 20 heavy (non-hydrogen) atoms. The second-order valence-corrected chi connectivity index (χ2v) is 5.41. The Hall–Kier alpha value is -1.65. The van der Waals surface area contributed by atoms with Crippen LogP contribution in [0.5, 0.6) is 5.75 Å². The maximum atomic E-state index is 12.3. The predicted molar refractivity (Wildman–Crippen MR) is 73.1 cm³/mol. The summed E-state index contributed by atoms with van der Waals surface area (Å²) in [5.74, 6) is 0.254. The fourth-order valence-corrected chi connectivity index (χ4v) is 2.96. The van der Waals surface area contributed by atoms with Crippen molar-refractivity contribution in [3.8, 4) is 5.75 Å². The molecule has 0 spiro atoms. The number of ether oxygens (including phenoxy) is 1. The summed E-state index contributed by atoms with van der Waals surface area (Å²) in [6, 6.07) is 4.62. The molecular formula is C15H19F2NO2. The van der Waals surface area contributed by atoms with Crippen LogP contribution in [0, 0.1) is 11.8 Å². The smallest absolute Gasteiger partial charge is 0.387 e. The first-order valence-electron chi connectivity index (χ1n) is 6.83. The third-order valence-corrected chi connectivity index (χ3v) is 3.88. The SMILES string of the molecule is CCC(C(C)C)C1C(=O)Nc2ccc(OC(F)F)cc21. The molecule has 1 amide bonds. The van der Waals surface area contributed by atoms with Crippen LogP contribution in [0.25, 0.3) is 0 Å². The van der Waals surface area contributed by atoms with Gasteiger partial charge in [0.1, 0.15) is 5.75 Å². The van der Waals surface area contributed by atoms with Crippen LogP contribution in [0.1, 0.15) is 38.7 Å². The third-order valence-electron chi connectivity index (χ3n) is 3.88. The molecule has 1 aliphatic rings. The van der Waals surface area contributed by atoms with Gasteiger partial charge >= 0.3 is 6.61 Å². The number of carbonyl (C=O) groups excluding carboxylic acids is 1. The van der Waals surface area contributed by atoms with Crippen molar-refractivity contribution in [2.45, 2.75) is 39.7 Å². The van der Waals surface area contributed by atoms with Gasteiger partial charge in [-0.05, 0) is 35.6 Å². The average molecular weight is 283 g/mol. The van der Waals surface area contributed by atoms with E-state index in [0.29, 0.717) is 11.6 Å². The molecule has 110 valence electrons. The molecule has 1 aliphatic heterocycles. The Morgan fingerprint density at radius 3 is 2.60 bits per heavy atom. The van der Waals surface area contributed by atoms with Crippen molar-refractivity contribution in [2.75, 3.05) is 5.32 Å². The summed E-state index contributed by atoms with van der Waals surface area (Å²) in [7, 11) is 0. The lowest BCUT2D eigenvalue weighted by molar-refractivity contribution is -0.118. The van der Waals surface area contributed by atoms with Crippen LogP contribution in [0.4, 0.5) is 14.5 Å². The molecule has 0 bridgehead atoms. The standard InChI is InChI=1S/C15H19F2NO2/c1-4-10(8(2)3)13-11-7-9(20-15(16)17)5-6-12(11)18-14(13)19/h5-8,10,13,15H,4H2,1-3H3,(H,18,19). The molecule has 1 heterocycles. The summed E-state index contributed by atoms with van der Waals surface area (Å²) in [6.45, 7) is 3.32. The van der Waals surface area contributed by atoms with E-state index in [4.69, 9.17) is 0 Å². The number of carbonyl (C=O) groups is 1. The molecule has 2 unspecified atom stereocenters. The highest BCUT2D eigenvalue weighted by Crippen LogP contribution is 2.43. The van der Waals surface area contributed by atoms with E-state index < -0.39 is 6.61 Å². The van der Waals surface area contributed by atoms with Crippen molar-refractivity contribution in [3.05, 3.63) is 23.8 Å².